The zero-order chi connectivity index (χ0) is 20.8. The van der Waals surface area contributed by atoms with Gasteiger partial charge in [0.05, 0.1) is 6.61 Å². The average molecular weight is 414 g/mol. The van der Waals surface area contributed by atoms with Gasteiger partial charge in [0.2, 0.25) is 0 Å². The number of amides is 1. The quantitative estimate of drug-likeness (QED) is 0.515. The summed E-state index contributed by atoms with van der Waals surface area (Å²) in [5.41, 5.74) is 2.62. The van der Waals surface area contributed by atoms with Crippen molar-refractivity contribution in [3.8, 4) is 11.5 Å². The third-order valence-corrected chi connectivity index (χ3v) is 4.67. The summed E-state index contributed by atoms with van der Waals surface area (Å²) in [6.45, 7) is 4.52. The van der Waals surface area contributed by atoms with Crippen LogP contribution in [0.15, 0.2) is 60.7 Å². The van der Waals surface area contributed by atoms with Crippen molar-refractivity contribution in [3.63, 3.8) is 0 Å². The summed E-state index contributed by atoms with van der Waals surface area (Å²) in [7, 11) is 0. The minimum atomic E-state index is -0.360. The highest BCUT2D eigenvalue weighted by Crippen LogP contribution is 2.25. The molecular weight excluding hydrogens is 393 g/mol. The molecule has 0 unspecified atom stereocenters. The first-order valence-electron chi connectivity index (χ1n) is 9.18. The monoisotopic (exact) mass is 413 g/mol. The number of nitrogens with one attached hydrogen (secondary N) is 1. The Balaban J connectivity index is 1.78. The Labute approximate surface area is 174 Å². The van der Waals surface area contributed by atoms with Crippen molar-refractivity contribution >= 4 is 23.2 Å². The average Bonchev–Trinajstić information content (AvgIpc) is 2.71. The summed E-state index contributed by atoms with van der Waals surface area (Å²) in [5, 5.41) is 3.42. The van der Waals surface area contributed by atoms with E-state index in [0.29, 0.717) is 34.4 Å². The highest BCUT2D eigenvalue weighted by atomic mass is 35.5. The Hall–Kier alpha value is -3.05. The van der Waals surface area contributed by atoms with Crippen LogP contribution in [0.25, 0.3) is 0 Å². The molecule has 1 N–H and O–H groups in total. The number of anilines is 1. The normalized spacial score (nSPS) is 10.5. The van der Waals surface area contributed by atoms with E-state index in [0.717, 1.165) is 11.1 Å². The van der Waals surface area contributed by atoms with E-state index in [9.17, 15) is 9.18 Å². The zero-order valence-electron chi connectivity index (χ0n) is 16.2. The van der Waals surface area contributed by atoms with Gasteiger partial charge in [0.1, 0.15) is 23.9 Å². The number of hydrogen-bond donors (Lipinski definition) is 1. The first kappa shape index (κ1) is 20.7. The molecule has 0 fully saturated rings. The van der Waals surface area contributed by atoms with Gasteiger partial charge in [-0.1, -0.05) is 11.6 Å². The number of ether oxygens (including phenoxy) is 2. The van der Waals surface area contributed by atoms with Crippen molar-refractivity contribution < 1.29 is 18.7 Å². The van der Waals surface area contributed by atoms with E-state index in [1.165, 1.54) is 24.3 Å². The van der Waals surface area contributed by atoms with Crippen molar-refractivity contribution in [3.05, 3.63) is 88.2 Å². The topological polar surface area (TPSA) is 47.6 Å². The highest BCUT2D eigenvalue weighted by Gasteiger charge is 2.12. The van der Waals surface area contributed by atoms with E-state index in [1.807, 2.05) is 19.9 Å². The lowest BCUT2D eigenvalue weighted by molar-refractivity contribution is 0.102. The Morgan fingerprint density at radius 1 is 1.03 bits per heavy atom. The van der Waals surface area contributed by atoms with Gasteiger partial charge >= 0.3 is 0 Å². The maximum absolute atomic E-state index is 13.0. The molecule has 0 aliphatic carbocycles. The van der Waals surface area contributed by atoms with E-state index in [-0.39, 0.29) is 18.3 Å². The molecule has 4 nitrogen and oxygen atoms in total. The number of halogens is 2. The minimum Gasteiger partial charge on any atom is -0.493 e. The van der Waals surface area contributed by atoms with E-state index >= 15 is 0 Å². The van der Waals surface area contributed by atoms with Crippen LogP contribution in [0.4, 0.5) is 10.1 Å². The summed E-state index contributed by atoms with van der Waals surface area (Å²) in [4.78, 5) is 12.6. The van der Waals surface area contributed by atoms with Crippen LogP contribution in [0.5, 0.6) is 11.5 Å². The van der Waals surface area contributed by atoms with Crippen molar-refractivity contribution in [1.82, 2.24) is 0 Å². The lowest BCUT2D eigenvalue weighted by Gasteiger charge is -2.14. The molecule has 0 aliphatic heterocycles. The molecular formula is C23H21ClFNO3. The van der Waals surface area contributed by atoms with Crippen LogP contribution < -0.4 is 14.8 Å². The second kappa shape index (κ2) is 9.43. The van der Waals surface area contributed by atoms with E-state index in [1.54, 1.807) is 30.3 Å². The first-order chi connectivity index (χ1) is 14.0. The maximum atomic E-state index is 13.0. The van der Waals surface area contributed by atoms with Crippen LogP contribution in [0, 0.1) is 12.7 Å². The zero-order valence-corrected chi connectivity index (χ0v) is 16.9. The van der Waals surface area contributed by atoms with Gasteiger partial charge < -0.3 is 14.8 Å². The Bertz CT molecular complexity index is 1010. The number of carbonyl (C=O) groups is 1. The molecule has 3 rings (SSSR count). The van der Waals surface area contributed by atoms with Gasteiger partial charge in [0, 0.05) is 21.8 Å². The summed E-state index contributed by atoms with van der Waals surface area (Å²) in [5.74, 6) is 0.663. The van der Waals surface area contributed by atoms with Gasteiger partial charge in [-0.25, -0.2) is 4.39 Å². The fourth-order valence-electron chi connectivity index (χ4n) is 2.73. The molecule has 0 radical (unpaired) electrons. The molecule has 150 valence electrons. The molecule has 6 heteroatoms. The molecule has 0 aliphatic rings. The van der Waals surface area contributed by atoms with E-state index < -0.39 is 0 Å². The highest BCUT2D eigenvalue weighted by molar-refractivity contribution is 6.31. The van der Waals surface area contributed by atoms with Gasteiger partial charge in [-0.2, -0.15) is 0 Å². The predicted octanol–water partition coefficient (Wildman–Crippen LogP) is 6.02. The van der Waals surface area contributed by atoms with Crippen molar-refractivity contribution in [2.24, 2.45) is 0 Å². The lowest BCUT2D eigenvalue weighted by atomic mass is 10.1. The SMILES string of the molecule is CCOc1ccc(C(=O)Nc2ccc(F)cc2)cc1COc1ccc(Cl)c(C)c1. The molecule has 0 aromatic heterocycles. The van der Waals surface area contributed by atoms with E-state index in [4.69, 9.17) is 21.1 Å². The summed E-state index contributed by atoms with van der Waals surface area (Å²) in [6.07, 6.45) is 0. The van der Waals surface area contributed by atoms with Crippen molar-refractivity contribution in [2.45, 2.75) is 20.5 Å². The summed E-state index contributed by atoms with van der Waals surface area (Å²) < 4.78 is 24.6. The lowest BCUT2D eigenvalue weighted by Crippen LogP contribution is -2.13. The Kier molecular flexibility index (Phi) is 6.73. The molecule has 0 atom stereocenters. The smallest absolute Gasteiger partial charge is 0.255 e. The standard InChI is InChI=1S/C23H21ClFNO3/c1-3-28-22-11-4-16(23(27)26-19-7-5-18(25)6-8-19)13-17(22)14-29-20-9-10-21(24)15(2)12-20/h4-13H,3,14H2,1-2H3,(H,26,27). The molecule has 0 bridgehead atoms. The molecule has 1 amide bonds. The van der Waals surface area contributed by atoms with Gasteiger partial charge in [-0.15, -0.1) is 0 Å². The number of rotatable bonds is 7. The third-order valence-electron chi connectivity index (χ3n) is 4.25. The van der Waals surface area contributed by atoms with Gasteiger partial charge in [-0.3, -0.25) is 4.79 Å². The van der Waals surface area contributed by atoms with Crippen molar-refractivity contribution in [1.29, 1.82) is 0 Å². The minimum absolute atomic E-state index is 0.230. The second-order valence-corrected chi connectivity index (χ2v) is 6.82. The van der Waals surface area contributed by atoms with Gasteiger partial charge in [-0.05, 0) is 80.1 Å². The number of carbonyl (C=O) groups excluding carboxylic acids is 1. The largest absolute Gasteiger partial charge is 0.493 e. The van der Waals surface area contributed by atoms with Crippen LogP contribution in [-0.4, -0.2) is 12.5 Å². The van der Waals surface area contributed by atoms with E-state index in [2.05, 4.69) is 5.32 Å². The Morgan fingerprint density at radius 2 is 1.79 bits per heavy atom. The molecule has 0 heterocycles. The molecule has 3 aromatic rings. The Morgan fingerprint density at radius 3 is 2.48 bits per heavy atom. The number of benzene rings is 3. The maximum Gasteiger partial charge on any atom is 0.255 e. The number of aryl methyl sites for hydroxylation is 1. The first-order valence-corrected chi connectivity index (χ1v) is 9.55. The van der Waals surface area contributed by atoms with Crippen LogP contribution in [-0.2, 0) is 6.61 Å². The number of hydrogen-bond acceptors (Lipinski definition) is 3. The van der Waals surface area contributed by atoms with Crippen LogP contribution in [0.2, 0.25) is 5.02 Å². The second-order valence-electron chi connectivity index (χ2n) is 6.42. The molecule has 0 saturated carbocycles. The summed E-state index contributed by atoms with van der Waals surface area (Å²) in [6, 6.07) is 16.2. The summed E-state index contributed by atoms with van der Waals surface area (Å²) >= 11 is 6.05. The van der Waals surface area contributed by atoms with Crippen LogP contribution in [0.1, 0.15) is 28.4 Å². The van der Waals surface area contributed by atoms with Crippen LogP contribution >= 0.6 is 11.6 Å². The third kappa shape index (κ3) is 5.48. The fourth-order valence-corrected chi connectivity index (χ4v) is 2.85. The molecule has 29 heavy (non-hydrogen) atoms. The van der Waals surface area contributed by atoms with Gasteiger partial charge in [0.25, 0.3) is 5.91 Å². The predicted molar refractivity (Wildman–Crippen MR) is 112 cm³/mol. The molecule has 0 spiro atoms. The van der Waals surface area contributed by atoms with Crippen molar-refractivity contribution in [2.75, 3.05) is 11.9 Å². The molecule has 0 saturated heterocycles. The van der Waals surface area contributed by atoms with Crippen LogP contribution in [0.3, 0.4) is 0 Å². The fraction of sp³-hybridized carbons (Fsp3) is 0.174. The van der Waals surface area contributed by atoms with Gasteiger partial charge in [0.15, 0.2) is 0 Å². The molecule has 3 aromatic carbocycles.